The van der Waals surface area contributed by atoms with E-state index < -0.39 is 0 Å². The van der Waals surface area contributed by atoms with Gasteiger partial charge in [-0.3, -0.25) is 4.79 Å². The Labute approximate surface area is 136 Å². The van der Waals surface area contributed by atoms with Gasteiger partial charge in [-0.05, 0) is 18.6 Å². The number of rotatable bonds is 3. The van der Waals surface area contributed by atoms with E-state index >= 15 is 0 Å². The van der Waals surface area contributed by atoms with E-state index in [2.05, 4.69) is 39.3 Å². The molecule has 7 heteroatoms. The Bertz CT molecular complexity index is 931. The topological polar surface area (TPSA) is 79.9 Å². The van der Waals surface area contributed by atoms with Crippen LogP contribution in [0.15, 0.2) is 23.0 Å². The van der Waals surface area contributed by atoms with Gasteiger partial charge in [-0.1, -0.05) is 23.5 Å². The monoisotopic (exact) mass is 328 g/mol. The molecule has 0 amide bonds. The Morgan fingerprint density at radius 3 is 3.17 bits per heavy atom. The second-order valence-electron chi connectivity index (χ2n) is 5.53. The van der Waals surface area contributed by atoms with Gasteiger partial charge in [0.15, 0.2) is 5.13 Å². The van der Waals surface area contributed by atoms with Crippen LogP contribution in [0.4, 0.5) is 5.13 Å². The first-order chi connectivity index (χ1) is 11.2. The molecule has 0 saturated carbocycles. The Kier molecular flexibility index (Phi) is 3.59. The normalized spacial score (nSPS) is 14.0. The highest BCUT2D eigenvalue weighted by molar-refractivity contribution is 7.22. The average Bonchev–Trinajstić information content (AvgIpc) is 2.98. The number of para-hydroxylation sites is 1. The minimum atomic E-state index is -0.105. The highest BCUT2D eigenvalue weighted by Gasteiger charge is 2.16. The molecule has 1 aliphatic rings. The van der Waals surface area contributed by atoms with Crippen LogP contribution in [-0.4, -0.2) is 21.6 Å². The molecular formula is C16H16N4O2S. The molecule has 1 aliphatic heterocycles. The minimum absolute atomic E-state index is 0.105. The number of nitrogens with one attached hydrogen (secondary N) is 2. The van der Waals surface area contributed by atoms with Gasteiger partial charge in [0, 0.05) is 6.42 Å². The molecule has 0 fully saturated rings. The molecule has 0 saturated heterocycles. The van der Waals surface area contributed by atoms with Crippen LogP contribution in [0.5, 0.6) is 0 Å². The number of ether oxygens (including phenoxy) is 1. The summed E-state index contributed by atoms with van der Waals surface area (Å²) in [6.45, 7) is 3.47. The van der Waals surface area contributed by atoms with Crippen LogP contribution < -0.4 is 10.9 Å². The number of fused-ring (bicyclic) bond motifs is 2. The zero-order valence-electron chi connectivity index (χ0n) is 12.7. The Hall–Kier alpha value is -2.25. The van der Waals surface area contributed by atoms with Crippen molar-refractivity contribution in [3.05, 3.63) is 51.2 Å². The molecule has 4 rings (SSSR count). The molecule has 3 aromatic rings. The molecule has 2 N–H and O–H groups in total. The number of aryl methyl sites for hydroxylation is 1. The first-order valence-electron chi connectivity index (χ1n) is 7.49. The third kappa shape index (κ3) is 2.73. The number of benzene rings is 1. The Morgan fingerprint density at radius 2 is 2.30 bits per heavy atom. The van der Waals surface area contributed by atoms with Gasteiger partial charge in [0.1, 0.15) is 5.82 Å². The highest BCUT2D eigenvalue weighted by Crippen LogP contribution is 2.28. The summed E-state index contributed by atoms with van der Waals surface area (Å²) in [5.41, 5.74) is 3.57. The van der Waals surface area contributed by atoms with Gasteiger partial charge in [0.2, 0.25) is 0 Å². The van der Waals surface area contributed by atoms with Gasteiger partial charge in [0.25, 0.3) is 5.56 Å². The van der Waals surface area contributed by atoms with Crippen molar-refractivity contribution in [2.75, 3.05) is 11.9 Å². The molecule has 118 valence electrons. The van der Waals surface area contributed by atoms with E-state index in [0.717, 1.165) is 26.6 Å². The minimum Gasteiger partial charge on any atom is -0.376 e. The lowest BCUT2D eigenvalue weighted by atomic mass is 10.1. The van der Waals surface area contributed by atoms with E-state index in [1.54, 1.807) is 11.3 Å². The standard InChI is InChI=1S/C16H16N4O2S/c1-9-3-2-4-12-14(9)20-16(23-12)17-7-13-18-11-5-6-22-8-10(11)15(21)19-13/h2-4H,5-8H2,1H3,(H,17,20)(H,18,19,21). The van der Waals surface area contributed by atoms with E-state index in [0.29, 0.717) is 37.6 Å². The van der Waals surface area contributed by atoms with Gasteiger partial charge >= 0.3 is 0 Å². The summed E-state index contributed by atoms with van der Waals surface area (Å²) in [4.78, 5) is 24.0. The SMILES string of the molecule is Cc1cccc2sc(NCc3nc4c(c(=O)[nH]3)COCC4)nc12. The predicted molar refractivity (Wildman–Crippen MR) is 89.9 cm³/mol. The van der Waals surface area contributed by atoms with E-state index in [-0.39, 0.29) is 5.56 Å². The number of hydrogen-bond acceptors (Lipinski definition) is 6. The van der Waals surface area contributed by atoms with E-state index in [1.807, 2.05) is 6.07 Å². The summed E-state index contributed by atoms with van der Waals surface area (Å²) in [6, 6.07) is 6.14. The zero-order valence-corrected chi connectivity index (χ0v) is 13.5. The summed E-state index contributed by atoms with van der Waals surface area (Å²) >= 11 is 1.60. The first-order valence-corrected chi connectivity index (χ1v) is 8.31. The molecule has 0 spiro atoms. The molecule has 6 nitrogen and oxygen atoms in total. The average molecular weight is 328 g/mol. The quantitative estimate of drug-likeness (QED) is 0.771. The number of thiazole rings is 1. The lowest BCUT2D eigenvalue weighted by molar-refractivity contribution is 0.108. The van der Waals surface area contributed by atoms with Crippen molar-refractivity contribution in [2.45, 2.75) is 26.5 Å². The zero-order chi connectivity index (χ0) is 15.8. The van der Waals surface area contributed by atoms with Crippen LogP contribution >= 0.6 is 11.3 Å². The molecule has 1 aromatic carbocycles. The van der Waals surface area contributed by atoms with Crippen molar-refractivity contribution in [1.29, 1.82) is 0 Å². The molecule has 23 heavy (non-hydrogen) atoms. The maximum atomic E-state index is 12.1. The predicted octanol–water partition coefficient (Wildman–Crippen LogP) is 2.37. The van der Waals surface area contributed by atoms with Crippen molar-refractivity contribution < 1.29 is 4.74 Å². The third-order valence-corrected chi connectivity index (χ3v) is 4.89. The van der Waals surface area contributed by atoms with Crippen LogP contribution in [0.3, 0.4) is 0 Å². The number of hydrogen-bond donors (Lipinski definition) is 2. The molecule has 2 aromatic heterocycles. The fourth-order valence-electron chi connectivity index (χ4n) is 2.70. The number of aromatic amines is 1. The highest BCUT2D eigenvalue weighted by atomic mass is 32.1. The van der Waals surface area contributed by atoms with Gasteiger partial charge in [-0.15, -0.1) is 0 Å². The smallest absolute Gasteiger partial charge is 0.256 e. The second-order valence-corrected chi connectivity index (χ2v) is 6.57. The summed E-state index contributed by atoms with van der Waals surface area (Å²) < 4.78 is 6.46. The molecular weight excluding hydrogens is 312 g/mol. The molecule has 0 aliphatic carbocycles. The Balaban J connectivity index is 1.57. The van der Waals surface area contributed by atoms with Crippen molar-refractivity contribution in [1.82, 2.24) is 15.0 Å². The fourth-order valence-corrected chi connectivity index (χ4v) is 3.64. The molecule has 0 unspecified atom stereocenters. The first kappa shape index (κ1) is 14.3. The van der Waals surface area contributed by atoms with Crippen molar-refractivity contribution in [3.8, 4) is 0 Å². The number of aromatic nitrogens is 3. The summed E-state index contributed by atoms with van der Waals surface area (Å²) in [7, 11) is 0. The maximum Gasteiger partial charge on any atom is 0.256 e. The number of anilines is 1. The van der Waals surface area contributed by atoms with Gasteiger partial charge in [0.05, 0.1) is 41.2 Å². The molecule has 0 radical (unpaired) electrons. The molecule has 0 bridgehead atoms. The second kappa shape index (κ2) is 5.75. The maximum absolute atomic E-state index is 12.1. The van der Waals surface area contributed by atoms with Crippen LogP contribution in [0.25, 0.3) is 10.2 Å². The van der Waals surface area contributed by atoms with Crippen LogP contribution in [0.1, 0.15) is 22.6 Å². The lowest BCUT2D eigenvalue weighted by Crippen LogP contribution is -2.26. The van der Waals surface area contributed by atoms with E-state index in [1.165, 1.54) is 0 Å². The molecule has 3 heterocycles. The van der Waals surface area contributed by atoms with Crippen molar-refractivity contribution >= 4 is 26.7 Å². The summed E-state index contributed by atoms with van der Waals surface area (Å²) in [6.07, 6.45) is 0.687. The van der Waals surface area contributed by atoms with E-state index in [4.69, 9.17) is 4.74 Å². The van der Waals surface area contributed by atoms with E-state index in [9.17, 15) is 4.79 Å². The van der Waals surface area contributed by atoms with Gasteiger partial charge in [-0.2, -0.15) is 0 Å². The molecule has 0 atom stereocenters. The Morgan fingerprint density at radius 1 is 1.39 bits per heavy atom. The van der Waals surface area contributed by atoms with Gasteiger partial charge < -0.3 is 15.0 Å². The van der Waals surface area contributed by atoms with Gasteiger partial charge in [-0.25, -0.2) is 9.97 Å². The van der Waals surface area contributed by atoms with Crippen molar-refractivity contribution in [2.24, 2.45) is 0 Å². The summed E-state index contributed by atoms with van der Waals surface area (Å²) in [5.74, 6) is 0.631. The van der Waals surface area contributed by atoms with Crippen LogP contribution in [0.2, 0.25) is 0 Å². The largest absolute Gasteiger partial charge is 0.376 e. The van der Waals surface area contributed by atoms with Crippen molar-refractivity contribution in [3.63, 3.8) is 0 Å². The number of nitrogens with zero attached hydrogens (tertiary/aromatic N) is 2. The number of H-pyrrole nitrogens is 1. The third-order valence-electron chi connectivity index (χ3n) is 3.91. The van der Waals surface area contributed by atoms with Crippen LogP contribution in [0, 0.1) is 6.92 Å². The van der Waals surface area contributed by atoms with Crippen LogP contribution in [-0.2, 0) is 24.3 Å². The fraction of sp³-hybridized carbons (Fsp3) is 0.312. The lowest BCUT2D eigenvalue weighted by Gasteiger charge is -2.15. The summed E-state index contributed by atoms with van der Waals surface area (Å²) in [5, 5.41) is 4.09.